The van der Waals surface area contributed by atoms with Crippen molar-refractivity contribution in [2.75, 3.05) is 18.4 Å². The summed E-state index contributed by atoms with van der Waals surface area (Å²) in [5.74, 6) is 0.625. The van der Waals surface area contributed by atoms with Gasteiger partial charge in [0, 0.05) is 19.3 Å². The quantitative estimate of drug-likeness (QED) is 0.590. The summed E-state index contributed by atoms with van der Waals surface area (Å²) in [6.07, 6.45) is 5.46. The van der Waals surface area contributed by atoms with E-state index >= 15 is 0 Å². The second kappa shape index (κ2) is 8.85. The van der Waals surface area contributed by atoms with E-state index in [1.54, 1.807) is 17.0 Å². The maximum Gasteiger partial charge on any atom is 0.240 e. The number of carbonyl (C=O) groups is 1. The third-order valence-electron chi connectivity index (χ3n) is 4.13. The van der Waals surface area contributed by atoms with Gasteiger partial charge in [-0.25, -0.2) is 4.85 Å². The minimum Gasteiger partial charge on any atom is -0.370 e. The number of rotatable bonds is 7. The number of nitrogens with two attached hydrogens (primary N) is 1. The van der Waals surface area contributed by atoms with Crippen molar-refractivity contribution in [2.45, 2.75) is 44.2 Å². The molecule has 24 heavy (non-hydrogen) atoms. The van der Waals surface area contributed by atoms with Crippen LogP contribution in [0.3, 0.4) is 0 Å². The van der Waals surface area contributed by atoms with E-state index in [1.807, 2.05) is 0 Å². The number of nitrogens with zero attached hydrogens (tertiary/aromatic N) is 4. The number of unbranched alkanes of at least 4 members (excludes halogenated alkanes) is 1. The zero-order chi connectivity index (χ0) is 17.4. The minimum absolute atomic E-state index is 0.108. The Hall–Kier alpha value is -2.64. The fraction of sp³-hybridized carbons (Fsp3) is 0.529. The summed E-state index contributed by atoms with van der Waals surface area (Å²) in [6.45, 7) is 8.24. The molecule has 0 aliphatic carbocycles. The summed E-state index contributed by atoms with van der Waals surface area (Å²) in [7, 11) is 0. The summed E-state index contributed by atoms with van der Waals surface area (Å²) in [6, 6.07) is 4.82. The monoisotopic (exact) mass is 326 g/mol. The second-order valence-electron chi connectivity index (χ2n) is 5.86. The van der Waals surface area contributed by atoms with Crippen LogP contribution in [-0.2, 0) is 4.79 Å². The lowest BCUT2D eigenvalue weighted by Gasteiger charge is -2.23. The first-order valence-electron chi connectivity index (χ1n) is 8.18. The van der Waals surface area contributed by atoms with Crippen molar-refractivity contribution in [3.8, 4) is 6.07 Å². The van der Waals surface area contributed by atoms with Crippen molar-refractivity contribution < 1.29 is 4.79 Å². The van der Waals surface area contributed by atoms with E-state index in [9.17, 15) is 4.79 Å². The highest BCUT2D eigenvalue weighted by Crippen LogP contribution is 2.18. The zero-order valence-electron chi connectivity index (χ0n) is 13.6. The Bertz CT molecular complexity index is 630. The van der Waals surface area contributed by atoms with Gasteiger partial charge in [-0.1, -0.05) is 6.07 Å². The lowest BCUT2D eigenvalue weighted by Crippen LogP contribution is -2.45. The summed E-state index contributed by atoms with van der Waals surface area (Å²) in [5, 5.41) is 12.2. The standard InChI is InChI=1S/C17H22N6O/c1-20-13-7-8-16(22-12-13)21-9-3-2-6-15(19)17(24)23-10-4-5-14(23)11-18/h7-8,12,14-15H,2-6,9-10,19H2,(H,21,22)/t14-,15-/m0/s1. The molecular weight excluding hydrogens is 304 g/mol. The van der Waals surface area contributed by atoms with Gasteiger partial charge in [-0.15, -0.1) is 0 Å². The van der Waals surface area contributed by atoms with E-state index < -0.39 is 6.04 Å². The van der Waals surface area contributed by atoms with Crippen LogP contribution in [-0.4, -0.2) is 41.0 Å². The van der Waals surface area contributed by atoms with E-state index in [2.05, 4.69) is 21.2 Å². The van der Waals surface area contributed by atoms with Gasteiger partial charge >= 0.3 is 0 Å². The molecule has 0 unspecified atom stereocenters. The Morgan fingerprint density at radius 3 is 3.08 bits per heavy atom. The van der Waals surface area contributed by atoms with E-state index in [0.29, 0.717) is 18.7 Å². The predicted octanol–water partition coefficient (Wildman–Crippen LogP) is 2.06. The molecule has 126 valence electrons. The van der Waals surface area contributed by atoms with Crippen LogP contribution in [0.4, 0.5) is 11.5 Å². The fourth-order valence-electron chi connectivity index (χ4n) is 2.76. The number of nitriles is 1. The lowest BCUT2D eigenvalue weighted by atomic mass is 10.1. The minimum atomic E-state index is -0.532. The molecule has 3 N–H and O–H groups in total. The summed E-state index contributed by atoms with van der Waals surface area (Å²) in [5.41, 5.74) is 6.49. The summed E-state index contributed by atoms with van der Waals surface area (Å²) in [4.78, 5) is 21.3. The molecule has 0 aromatic carbocycles. The number of hydrogen-bond acceptors (Lipinski definition) is 5. The molecule has 0 radical (unpaired) electrons. The Morgan fingerprint density at radius 2 is 2.42 bits per heavy atom. The highest BCUT2D eigenvalue weighted by atomic mass is 16.2. The molecule has 2 heterocycles. The fourth-order valence-corrected chi connectivity index (χ4v) is 2.76. The Balaban J connectivity index is 1.65. The van der Waals surface area contributed by atoms with E-state index in [4.69, 9.17) is 17.6 Å². The van der Waals surface area contributed by atoms with Crippen LogP contribution in [0.25, 0.3) is 4.85 Å². The van der Waals surface area contributed by atoms with Crippen molar-refractivity contribution in [1.29, 1.82) is 5.26 Å². The number of pyridine rings is 1. The van der Waals surface area contributed by atoms with Crippen LogP contribution in [0.15, 0.2) is 18.3 Å². The van der Waals surface area contributed by atoms with Crippen molar-refractivity contribution in [1.82, 2.24) is 9.88 Å². The molecule has 1 aromatic rings. The van der Waals surface area contributed by atoms with Crippen molar-refractivity contribution in [3.63, 3.8) is 0 Å². The first-order valence-corrected chi connectivity index (χ1v) is 8.18. The van der Waals surface area contributed by atoms with Gasteiger partial charge in [-0.05, 0) is 38.2 Å². The van der Waals surface area contributed by atoms with Gasteiger partial charge in [0.05, 0.1) is 18.7 Å². The smallest absolute Gasteiger partial charge is 0.240 e. The molecule has 7 nitrogen and oxygen atoms in total. The topological polar surface area (TPSA) is 99.4 Å². The first kappa shape index (κ1) is 17.7. The molecule has 1 fully saturated rings. The molecule has 1 amide bonds. The Morgan fingerprint density at radius 1 is 1.58 bits per heavy atom. The average Bonchev–Trinajstić information content (AvgIpc) is 3.09. The van der Waals surface area contributed by atoms with Crippen molar-refractivity contribution in [3.05, 3.63) is 29.7 Å². The maximum absolute atomic E-state index is 12.3. The molecule has 1 saturated heterocycles. The molecule has 1 aromatic heterocycles. The highest BCUT2D eigenvalue weighted by molar-refractivity contribution is 5.82. The highest BCUT2D eigenvalue weighted by Gasteiger charge is 2.31. The van der Waals surface area contributed by atoms with Crippen molar-refractivity contribution >= 4 is 17.4 Å². The largest absolute Gasteiger partial charge is 0.370 e. The van der Waals surface area contributed by atoms with Gasteiger partial charge in [0.1, 0.15) is 11.9 Å². The van der Waals surface area contributed by atoms with Crippen LogP contribution >= 0.6 is 0 Å². The Kier molecular flexibility index (Phi) is 6.53. The van der Waals surface area contributed by atoms with Crippen LogP contribution in [0.1, 0.15) is 32.1 Å². The van der Waals surface area contributed by atoms with Gasteiger partial charge < -0.3 is 16.0 Å². The van der Waals surface area contributed by atoms with Gasteiger partial charge in [-0.2, -0.15) is 5.26 Å². The number of anilines is 1. The third kappa shape index (κ3) is 4.68. The third-order valence-corrected chi connectivity index (χ3v) is 4.13. The molecule has 0 bridgehead atoms. The molecule has 0 spiro atoms. The van der Waals surface area contributed by atoms with Crippen LogP contribution in [0, 0.1) is 17.9 Å². The molecule has 7 heteroatoms. The molecule has 0 saturated carbocycles. The SMILES string of the molecule is [C-]#[N+]c1ccc(NCCCC[C@H](N)C(=O)N2CCC[C@H]2C#N)nc1. The summed E-state index contributed by atoms with van der Waals surface area (Å²) >= 11 is 0. The van der Waals surface area contributed by atoms with Crippen LogP contribution in [0.5, 0.6) is 0 Å². The van der Waals surface area contributed by atoms with Gasteiger partial charge in [0.25, 0.3) is 0 Å². The maximum atomic E-state index is 12.3. The number of carbonyl (C=O) groups excluding carboxylic acids is 1. The van der Waals surface area contributed by atoms with E-state index in [-0.39, 0.29) is 11.9 Å². The lowest BCUT2D eigenvalue weighted by molar-refractivity contribution is -0.132. The van der Waals surface area contributed by atoms with Gasteiger partial charge in [0.2, 0.25) is 11.6 Å². The summed E-state index contributed by atoms with van der Waals surface area (Å²) < 4.78 is 0. The second-order valence-corrected chi connectivity index (χ2v) is 5.86. The predicted molar refractivity (Wildman–Crippen MR) is 91.2 cm³/mol. The van der Waals surface area contributed by atoms with Gasteiger partial charge in [0.15, 0.2) is 0 Å². The Labute approximate surface area is 142 Å². The molecule has 2 atom stereocenters. The van der Waals surface area contributed by atoms with Gasteiger partial charge in [-0.3, -0.25) is 9.78 Å². The molecule has 1 aliphatic heterocycles. The first-order chi connectivity index (χ1) is 11.7. The van der Waals surface area contributed by atoms with Crippen LogP contribution in [0.2, 0.25) is 0 Å². The number of aromatic nitrogens is 1. The zero-order valence-corrected chi connectivity index (χ0v) is 13.6. The van der Waals surface area contributed by atoms with E-state index in [1.165, 1.54) is 6.20 Å². The number of nitrogens with one attached hydrogen (secondary N) is 1. The number of likely N-dealkylation sites (tertiary alicyclic amines) is 1. The number of amides is 1. The number of hydrogen-bond donors (Lipinski definition) is 2. The molecule has 2 rings (SSSR count). The van der Waals surface area contributed by atoms with Crippen LogP contribution < -0.4 is 11.1 Å². The average molecular weight is 326 g/mol. The van der Waals surface area contributed by atoms with E-state index in [0.717, 1.165) is 38.0 Å². The normalized spacial score (nSPS) is 17.8. The van der Waals surface area contributed by atoms with Crippen molar-refractivity contribution in [2.24, 2.45) is 5.73 Å². The molecular formula is C17H22N6O. The molecule has 1 aliphatic rings.